The number of phenolic OH excluding ortho intramolecular Hbond substituents is 1. The van der Waals surface area contributed by atoms with Gasteiger partial charge in [0, 0.05) is 5.56 Å². The number of nitrogen functional groups attached to an aromatic ring is 1. The van der Waals surface area contributed by atoms with Gasteiger partial charge in [-0.15, -0.1) is 0 Å². The number of rotatable bonds is 2. The van der Waals surface area contributed by atoms with Gasteiger partial charge in [0.1, 0.15) is 11.5 Å². The van der Waals surface area contributed by atoms with Crippen molar-refractivity contribution in [3.63, 3.8) is 0 Å². The molecule has 0 spiro atoms. The van der Waals surface area contributed by atoms with Crippen molar-refractivity contribution in [1.29, 1.82) is 0 Å². The highest BCUT2D eigenvalue weighted by Gasteiger charge is 2.15. The largest absolute Gasteiger partial charge is 0.507 e. The molecule has 14 heavy (non-hydrogen) atoms. The Morgan fingerprint density at radius 3 is 2.57 bits per heavy atom. The summed E-state index contributed by atoms with van der Waals surface area (Å²) in [5.41, 5.74) is 6.72. The zero-order valence-corrected chi connectivity index (χ0v) is 8.42. The monoisotopic (exact) mass is 195 g/mol. The predicted molar refractivity (Wildman–Crippen MR) is 53.8 cm³/mol. The molecule has 1 aromatic carbocycles. The van der Waals surface area contributed by atoms with Crippen LogP contribution in [0.1, 0.15) is 22.8 Å². The summed E-state index contributed by atoms with van der Waals surface area (Å²) < 4.78 is 4.98. The minimum Gasteiger partial charge on any atom is -0.507 e. The highest BCUT2D eigenvalue weighted by Crippen LogP contribution is 2.35. The molecule has 1 rings (SSSR count). The van der Waals surface area contributed by atoms with Gasteiger partial charge < -0.3 is 15.6 Å². The van der Waals surface area contributed by atoms with Gasteiger partial charge in [0.2, 0.25) is 0 Å². The van der Waals surface area contributed by atoms with Gasteiger partial charge in [0.15, 0.2) is 5.78 Å². The second-order valence-corrected chi connectivity index (χ2v) is 3.07. The minimum absolute atomic E-state index is 0.0733. The molecule has 0 amide bonds. The lowest BCUT2D eigenvalue weighted by Gasteiger charge is -2.11. The Labute approximate surface area is 82.3 Å². The van der Waals surface area contributed by atoms with Gasteiger partial charge in [0.05, 0.1) is 18.4 Å². The number of methoxy groups -OCH3 is 1. The summed E-state index contributed by atoms with van der Waals surface area (Å²) in [6.07, 6.45) is 0. The molecule has 0 bridgehead atoms. The van der Waals surface area contributed by atoms with Gasteiger partial charge in [-0.2, -0.15) is 0 Å². The first-order valence-corrected chi connectivity index (χ1v) is 4.16. The molecule has 0 aromatic heterocycles. The number of carbonyl (C=O) groups is 1. The van der Waals surface area contributed by atoms with E-state index in [1.807, 2.05) is 0 Å². The first-order valence-electron chi connectivity index (χ1n) is 4.16. The van der Waals surface area contributed by atoms with Crippen molar-refractivity contribution < 1.29 is 14.6 Å². The van der Waals surface area contributed by atoms with Crippen LogP contribution in [0.25, 0.3) is 0 Å². The Bertz CT molecular complexity index is 385. The van der Waals surface area contributed by atoms with E-state index in [1.165, 1.54) is 20.1 Å². The first-order chi connectivity index (χ1) is 6.49. The highest BCUT2D eigenvalue weighted by atomic mass is 16.5. The molecular weight excluding hydrogens is 182 g/mol. The Kier molecular flexibility index (Phi) is 2.65. The first kappa shape index (κ1) is 10.4. The molecule has 0 aliphatic rings. The fraction of sp³-hybridized carbons (Fsp3) is 0.300. The maximum Gasteiger partial charge on any atom is 0.163 e. The SMILES string of the molecule is COc1cc(C(C)=O)c(O)c(C)c1N. The van der Waals surface area contributed by atoms with Gasteiger partial charge in [-0.05, 0) is 19.9 Å². The van der Waals surface area contributed by atoms with E-state index in [0.717, 1.165) is 0 Å². The molecule has 0 unspecified atom stereocenters. The van der Waals surface area contributed by atoms with Crippen molar-refractivity contribution >= 4 is 11.5 Å². The third kappa shape index (κ3) is 1.51. The standard InChI is InChI=1S/C10H13NO3/c1-5-9(11)8(14-3)4-7(6(2)12)10(5)13/h4,13H,11H2,1-3H3. The van der Waals surface area contributed by atoms with Gasteiger partial charge in [0.25, 0.3) is 0 Å². The van der Waals surface area contributed by atoms with Crippen LogP contribution >= 0.6 is 0 Å². The molecule has 4 nitrogen and oxygen atoms in total. The number of nitrogens with two attached hydrogens (primary N) is 1. The van der Waals surface area contributed by atoms with E-state index in [9.17, 15) is 9.90 Å². The summed E-state index contributed by atoms with van der Waals surface area (Å²) in [5, 5.41) is 9.61. The van der Waals surface area contributed by atoms with Crippen molar-refractivity contribution in [2.45, 2.75) is 13.8 Å². The maximum atomic E-state index is 11.1. The molecule has 1 aromatic rings. The topological polar surface area (TPSA) is 72.5 Å². The van der Waals surface area contributed by atoms with E-state index in [2.05, 4.69) is 0 Å². The van der Waals surface area contributed by atoms with Crippen molar-refractivity contribution in [1.82, 2.24) is 0 Å². The number of ketones is 1. The molecule has 76 valence electrons. The van der Waals surface area contributed by atoms with Gasteiger partial charge in [-0.25, -0.2) is 0 Å². The van der Waals surface area contributed by atoms with Crippen LogP contribution in [-0.2, 0) is 0 Å². The third-order valence-electron chi connectivity index (χ3n) is 2.15. The molecule has 3 N–H and O–H groups in total. The number of ether oxygens (including phenoxy) is 1. The van der Waals surface area contributed by atoms with E-state index in [0.29, 0.717) is 17.0 Å². The number of aromatic hydroxyl groups is 1. The summed E-state index contributed by atoms with van der Waals surface area (Å²) >= 11 is 0. The van der Waals surface area contributed by atoms with Gasteiger partial charge >= 0.3 is 0 Å². The molecule has 0 aliphatic heterocycles. The lowest BCUT2D eigenvalue weighted by Crippen LogP contribution is -2.01. The molecule has 0 fully saturated rings. The van der Waals surface area contributed by atoms with Crippen LogP contribution in [0.5, 0.6) is 11.5 Å². The second kappa shape index (κ2) is 3.57. The normalized spacial score (nSPS) is 9.93. The van der Waals surface area contributed by atoms with E-state index in [1.54, 1.807) is 6.92 Å². The second-order valence-electron chi connectivity index (χ2n) is 3.07. The third-order valence-corrected chi connectivity index (χ3v) is 2.15. The Hall–Kier alpha value is -1.71. The molecule has 0 aliphatic carbocycles. The summed E-state index contributed by atoms with van der Waals surface area (Å²) in [6, 6.07) is 1.44. The number of carbonyl (C=O) groups excluding carboxylic acids is 1. The van der Waals surface area contributed by atoms with Gasteiger partial charge in [-0.3, -0.25) is 4.79 Å². The van der Waals surface area contributed by atoms with E-state index in [4.69, 9.17) is 10.5 Å². The smallest absolute Gasteiger partial charge is 0.163 e. The fourth-order valence-electron chi connectivity index (χ4n) is 1.23. The predicted octanol–water partition coefficient (Wildman–Crippen LogP) is 1.49. The molecule has 0 heterocycles. The molecule has 0 saturated carbocycles. The van der Waals surface area contributed by atoms with Crippen LogP contribution < -0.4 is 10.5 Å². The van der Waals surface area contributed by atoms with Crippen molar-refractivity contribution in [2.75, 3.05) is 12.8 Å². The van der Waals surface area contributed by atoms with Crippen LogP contribution in [0.4, 0.5) is 5.69 Å². The quantitative estimate of drug-likeness (QED) is 0.554. The van der Waals surface area contributed by atoms with Crippen LogP contribution in [0.3, 0.4) is 0 Å². The zero-order valence-electron chi connectivity index (χ0n) is 8.42. The van der Waals surface area contributed by atoms with Crippen LogP contribution in [0.2, 0.25) is 0 Å². The number of phenols is 1. The summed E-state index contributed by atoms with van der Waals surface area (Å²) in [6.45, 7) is 3.02. The summed E-state index contributed by atoms with van der Waals surface area (Å²) in [5.74, 6) is 0.116. The van der Waals surface area contributed by atoms with Crippen LogP contribution in [0, 0.1) is 6.92 Å². The van der Waals surface area contributed by atoms with E-state index >= 15 is 0 Å². The lowest BCUT2D eigenvalue weighted by atomic mass is 10.0. The average molecular weight is 195 g/mol. The van der Waals surface area contributed by atoms with E-state index < -0.39 is 0 Å². The number of hydrogen-bond donors (Lipinski definition) is 2. The molecule has 4 heteroatoms. The van der Waals surface area contributed by atoms with Crippen molar-refractivity contribution in [2.24, 2.45) is 0 Å². The van der Waals surface area contributed by atoms with Crippen LogP contribution in [-0.4, -0.2) is 18.0 Å². The van der Waals surface area contributed by atoms with Crippen molar-refractivity contribution in [3.05, 3.63) is 17.2 Å². The Balaban J connectivity index is 3.48. The zero-order chi connectivity index (χ0) is 10.9. The summed E-state index contributed by atoms with van der Waals surface area (Å²) in [4.78, 5) is 11.1. The van der Waals surface area contributed by atoms with Gasteiger partial charge in [-0.1, -0.05) is 0 Å². The number of anilines is 1. The Morgan fingerprint density at radius 2 is 2.14 bits per heavy atom. The highest BCUT2D eigenvalue weighted by molar-refractivity contribution is 5.98. The molecule has 0 atom stereocenters. The lowest BCUT2D eigenvalue weighted by molar-refractivity contribution is 0.101. The minimum atomic E-state index is -0.219. The maximum absolute atomic E-state index is 11.1. The number of hydrogen-bond acceptors (Lipinski definition) is 4. The Morgan fingerprint density at radius 1 is 1.57 bits per heavy atom. The van der Waals surface area contributed by atoms with Crippen LogP contribution in [0.15, 0.2) is 6.07 Å². The fourth-order valence-corrected chi connectivity index (χ4v) is 1.23. The number of benzene rings is 1. The number of Topliss-reactive ketones (excluding diaryl/α,β-unsaturated/α-hetero) is 1. The molecule has 0 saturated heterocycles. The van der Waals surface area contributed by atoms with Crippen molar-refractivity contribution in [3.8, 4) is 11.5 Å². The molecule has 0 radical (unpaired) electrons. The molecular formula is C10H13NO3. The summed E-state index contributed by atoms with van der Waals surface area (Å²) in [7, 11) is 1.46. The van der Waals surface area contributed by atoms with E-state index in [-0.39, 0.29) is 17.1 Å². The average Bonchev–Trinajstić information content (AvgIpc) is 2.14.